The fourth-order valence-corrected chi connectivity index (χ4v) is 3.41. The lowest BCUT2D eigenvalue weighted by Crippen LogP contribution is -2.17. The summed E-state index contributed by atoms with van der Waals surface area (Å²) in [7, 11) is 0. The number of rotatable bonds is 0. The van der Waals surface area contributed by atoms with Crippen molar-refractivity contribution < 1.29 is 4.74 Å². The van der Waals surface area contributed by atoms with E-state index in [1.54, 1.807) is 0 Å². The van der Waals surface area contributed by atoms with E-state index >= 15 is 0 Å². The topological polar surface area (TPSA) is 9.23 Å². The average molecular weight is 228 g/mol. The lowest BCUT2D eigenvalue weighted by molar-refractivity contribution is 0.316. The molecule has 0 N–H and O–H groups in total. The Bertz CT molecular complexity index is 547. The van der Waals surface area contributed by atoms with E-state index in [0.29, 0.717) is 0 Å². The number of ether oxygens (including phenoxy) is 1. The van der Waals surface area contributed by atoms with E-state index in [1.165, 1.54) is 33.4 Å². The summed E-state index contributed by atoms with van der Waals surface area (Å²) in [6, 6.07) is 2.21. The van der Waals surface area contributed by atoms with Crippen molar-refractivity contribution >= 4 is 5.57 Å². The van der Waals surface area contributed by atoms with Crippen LogP contribution in [0.15, 0.2) is 11.6 Å². The molecule has 1 aliphatic carbocycles. The summed E-state index contributed by atoms with van der Waals surface area (Å²) in [6.07, 6.45) is 1.07. The van der Waals surface area contributed by atoms with Gasteiger partial charge in [-0.25, -0.2) is 0 Å². The van der Waals surface area contributed by atoms with E-state index in [0.717, 1.165) is 18.8 Å². The summed E-state index contributed by atoms with van der Waals surface area (Å²) in [5, 5.41) is 0. The largest absolute Gasteiger partial charge is 0.493 e. The molecule has 90 valence electrons. The Morgan fingerprint density at radius 2 is 1.88 bits per heavy atom. The molecule has 1 aromatic rings. The predicted octanol–water partition coefficient (Wildman–Crippen LogP) is 4.15. The second kappa shape index (κ2) is 3.16. The summed E-state index contributed by atoms with van der Waals surface area (Å²) in [4.78, 5) is 0. The Kier molecular flexibility index (Phi) is 2.02. The molecule has 0 saturated heterocycles. The van der Waals surface area contributed by atoms with Crippen molar-refractivity contribution in [3.63, 3.8) is 0 Å². The van der Waals surface area contributed by atoms with Crippen LogP contribution in [0.5, 0.6) is 5.75 Å². The molecule has 1 nitrogen and oxygen atoms in total. The van der Waals surface area contributed by atoms with Gasteiger partial charge in [-0.15, -0.1) is 0 Å². The summed E-state index contributed by atoms with van der Waals surface area (Å²) in [6.45, 7) is 12.2. The second-order valence-corrected chi connectivity index (χ2v) is 5.89. The Morgan fingerprint density at radius 3 is 2.59 bits per heavy atom. The molecule has 1 heteroatoms. The molecule has 1 aromatic carbocycles. The highest BCUT2D eigenvalue weighted by atomic mass is 16.5. The molecule has 0 aromatic heterocycles. The van der Waals surface area contributed by atoms with Gasteiger partial charge in [-0.3, -0.25) is 0 Å². The highest BCUT2D eigenvalue weighted by Gasteiger charge is 2.40. The van der Waals surface area contributed by atoms with E-state index in [4.69, 9.17) is 4.74 Å². The molecule has 0 bridgehead atoms. The Balaban J connectivity index is 2.43. The molecule has 0 radical (unpaired) electrons. The average Bonchev–Trinajstić information content (AvgIpc) is 2.47. The van der Waals surface area contributed by atoms with Crippen molar-refractivity contribution in [2.45, 2.75) is 46.5 Å². The van der Waals surface area contributed by atoms with Crippen LogP contribution in [-0.2, 0) is 5.41 Å². The van der Waals surface area contributed by atoms with Crippen LogP contribution < -0.4 is 4.74 Å². The first kappa shape index (κ1) is 10.9. The zero-order valence-electron chi connectivity index (χ0n) is 11.4. The standard InChI is InChI=1S/C16H20O/c1-9-8-13-14-12(6-7-17-13)11(3)16(4,5)15(14)10(9)2/h8H,6-7H2,1-5H3. The highest BCUT2D eigenvalue weighted by Crippen LogP contribution is 2.53. The summed E-state index contributed by atoms with van der Waals surface area (Å²) in [5.41, 5.74) is 8.93. The maximum atomic E-state index is 5.86. The van der Waals surface area contributed by atoms with E-state index < -0.39 is 0 Å². The summed E-state index contributed by atoms with van der Waals surface area (Å²) < 4.78 is 5.86. The van der Waals surface area contributed by atoms with Crippen LogP contribution in [0.1, 0.15) is 49.4 Å². The fraction of sp³-hybridized carbons (Fsp3) is 0.500. The number of hydrogen-bond donors (Lipinski definition) is 0. The molecule has 0 spiro atoms. The van der Waals surface area contributed by atoms with E-state index in [-0.39, 0.29) is 5.41 Å². The van der Waals surface area contributed by atoms with Crippen LogP contribution in [0.4, 0.5) is 0 Å². The molecule has 1 heterocycles. The van der Waals surface area contributed by atoms with Gasteiger partial charge in [0, 0.05) is 17.4 Å². The number of allylic oxidation sites excluding steroid dienone is 1. The van der Waals surface area contributed by atoms with Gasteiger partial charge in [0.15, 0.2) is 0 Å². The Labute approximate surface area is 103 Å². The molecule has 2 aliphatic rings. The smallest absolute Gasteiger partial charge is 0.127 e. The van der Waals surface area contributed by atoms with Gasteiger partial charge in [-0.2, -0.15) is 0 Å². The molecule has 0 atom stereocenters. The quantitative estimate of drug-likeness (QED) is 0.648. The maximum absolute atomic E-state index is 5.86. The lowest BCUT2D eigenvalue weighted by Gasteiger charge is -2.26. The minimum atomic E-state index is 0.170. The molecule has 0 amide bonds. The number of hydrogen-bond acceptors (Lipinski definition) is 1. The normalized spacial score (nSPS) is 20.3. The van der Waals surface area contributed by atoms with Crippen molar-refractivity contribution in [1.82, 2.24) is 0 Å². The van der Waals surface area contributed by atoms with Crippen molar-refractivity contribution in [1.29, 1.82) is 0 Å². The molecule has 17 heavy (non-hydrogen) atoms. The molecule has 0 unspecified atom stereocenters. The monoisotopic (exact) mass is 228 g/mol. The molecular formula is C16H20O. The van der Waals surface area contributed by atoms with Crippen LogP contribution >= 0.6 is 0 Å². The van der Waals surface area contributed by atoms with Gasteiger partial charge in [0.1, 0.15) is 5.75 Å². The van der Waals surface area contributed by atoms with Gasteiger partial charge in [0.05, 0.1) is 6.61 Å². The Hall–Kier alpha value is -1.24. The first-order chi connectivity index (χ1) is 7.94. The van der Waals surface area contributed by atoms with Crippen molar-refractivity contribution in [3.8, 4) is 5.75 Å². The van der Waals surface area contributed by atoms with Crippen LogP contribution in [0.25, 0.3) is 5.57 Å². The molecule has 1 aliphatic heterocycles. The minimum Gasteiger partial charge on any atom is -0.493 e. The minimum absolute atomic E-state index is 0.170. The Morgan fingerprint density at radius 1 is 1.18 bits per heavy atom. The third-order valence-electron chi connectivity index (χ3n) is 4.74. The van der Waals surface area contributed by atoms with Crippen molar-refractivity contribution in [2.75, 3.05) is 6.61 Å². The predicted molar refractivity (Wildman–Crippen MR) is 71.6 cm³/mol. The third kappa shape index (κ3) is 1.20. The summed E-state index contributed by atoms with van der Waals surface area (Å²) >= 11 is 0. The second-order valence-electron chi connectivity index (χ2n) is 5.89. The fourth-order valence-electron chi connectivity index (χ4n) is 3.41. The first-order valence-corrected chi connectivity index (χ1v) is 6.42. The van der Waals surface area contributed by atoms with Crippen molar-refractivity contribution in [3.05, 3.63) is 33.9 Å². The van der Waals surface area contributed by atoms with Gasteiger partial charge in [-0.05, 0) is 49.1 Å². The van der Waals surface area contributed by atoms with Gasteiger partial charge < -0.3 is 4.74 Å². The van der Waals surface area contributed by atoms with Crippen LogP contribution in [0.3, 0.4) is 0 Å². The van der Waals surface area contributed by atoms with Crippen LogP contribution in [0.2, 0.25) is 0 Å². The van der Waals surface area contributed by atoms with Gasteiger partial charge in [-0.1, -0.05) is 19.4 Å². The van der Waals surface area contributed by atoms with E-state index in [2.05, 4.69) is 40.7 Å². The van der Waals surface area contributed by atoms with Gasteiger partial charge >= 0.3 is 0 Å². The molecule has 0 fully saturated rings. The SMILES string of the molecule is CC1=C2CCOc3cc(C)c(C)c(c32)C1(C)C. The zero-order chi connectivity index (χ0) is 12.4. The highest BCUT2D eigenvalue weighted by molar-refractivity contribution is 5.85. The van der Waals surface area contributed by atoms with Gasteiger partial charge in [0.2, 0.25) is 0 Å². The number of benzene rings is 1. The van der Waals surface area contributed by atoms with Gasteiger partial charge in [0.25, 0.3) is 0 Å². The summed E-state index contributed by atoms with van der Waals surface area (Å²) in [5.74, 6) is 1.11. The number of aryl methyl sites for hydroxylation is 1. The van der Waals surface area contributed by atoms with E-state index in [9.17, 15) is 0 Å². The first-order valence-electron chi connectivity index (χ1n) is 6.42. The molecular weight excluding hydrogens is 208 g/mol. The molecule has 0 saturated carbocycles. The van der Waals surface area contributed by atoms with Crippen molar-refractivity contribution in [2.24, 2.45) is 0 Å². The van der Waals surface area contributed by atoms with Crippen LogP contribution in [-0.4, -0.2) is 6.61 Å². The van der Waals surface area contributed by atoms with Crippen LogP contribution in [0, 0.1) is 13.8 Å². The van der Waals surface area contributed by atoms with E-state index in [1.807, 2.05) is 0 Å². The maximum Gasteiger partial charge on any atom is 0.127 e. The third-order valence-corrected chi connectivity index (χ3v) is 4.74. The lowest BCUT2D eigenvalue weighted by atomic mass is 9.79. The zero-order valence-corrected chi connectivity index (χ0v) is 11.4. The molecule has 3 rings (SSSR count).